The van der Waals surface area contributed by atoms with Crippen LogP contribution in [0.3, 0.4) is 0 Å². The van der Waals surface area contributed by atoms with E-state index in [9.17, 15) is 9.90 Å². The molecule has 2 aromatic heterocycles. The Kier molecular flexibility index (Phi) is 4.62. The standard InChI is InChI=1S/C17H22N4O3/c1-3-4-14-19-20-15(24-14)16(22)21-9-7-17(23,8-10-21)13-6-5-12(2)11-18-13/h5-6,11,23H,3-4,7-10H2,1-2H3. The van der Waals surface area contributed by atoms with Crippen molar-refractivity contribution in [1.29, 1.82) is 0 Å². The molecular weight excluding hydrogens is 308 g/mol. The molecule has 0 aliphatic carbocycles. The number of pyridine rings is 1. The molecule has 1 amide bonds. The van der Waals surface area contributed by atoms with E-state index in [0.29, 0.717) is 43.9 Å². The van der Waals surface area contributed by atoms with Crippen molar-refractivity contribution in [3.05, 3.63) is 41.4 Å². The summed E-state index contributed by atoms with van der Waals surface area (Å²) in [6.07, 6.45) is 4.17. The number of aliphatic hydroxyl groups is 1. The van der Waals surface area contributed by atoms with Crippen molar-refractivity contribution in [3.8, 4) is 0 Å². The van der Waals surface area contributed by atoms with Crippen LogP contribution in [0, 0.1) is 6.92 Å². The number of carbonyl (C=O) groups excluding carboxylic acids is 1. The number of carbonyl (C=O) groups is 1. The van der Waals surface area contributed by atoms with E-state index in [1.54, 1.807) is 11.1 Å². The topological polar surface area (TPSA) is 92.4 Å². The zero-order valence-electron chi connectivity index (χ0n) is 14.0. The maximum Gasteiger partial charge on any atom is 0.311 e. The second-order valence-electron chi connectivity index (χ2n) is 6.30. The molecule has 1 aliphatic rings. The Morgan fingerprint density at radius 2 is 2.08 bits per heavy atom. The van der Waals surface area contributed by atoms with Crippen molar-refractivity contribution in [2.45, 2.75) is 45.1 Å². The molecule has 24 heavy (non-hydrogen) atoms. The number of aromatic nitrogens is 3. The van der Waals surface area contributed by atoms with Gasteiger partial charge in [0.2, 0.25) is 5.89 Å². The lowest BCUT2D eigenvalue weighted by molar-refractivity contribution is -0.0252. The molecule has 7 nitrogen and oxygen atoms in total. The highest BCUT2D eigenvalue weighted by atomic mass is 16.4. The van der Waals surface area contributed by atoms with Crippen LogP contribution in [0.15, 0.2) is 22.7 Å². The summed E-state index contributed by atoms with van der Waals surface area (Å²) in [5, 5.41) is 18.5. The van der Waals surface area contributed by atoms with Gasteiger partial charge >= 0.3 is 11.8 Å². The molecule has 3 heterocycles. The molecule has 0 saturated carbocycles. The first-order chi connectivity index (χ1) is 11.5. The normalized spacial score (nSPS) is 17.0. The van der Waals surface area contributed by atoms with Gasteiger partial charge in [-0.2, -0.15) is 0 Å². The Bertz CT molecular complexity index is 703. The number of piperidine rings is 1. The molecule has 0 aromatic carbocycles. The van der Waals surface area contributed by atoms with Crippen molar-refractivity contribution in [3.63, 3.8) is 0 Å². The molecule has 3 rings (SSSR count). The van der Waals surface area contributed by atoms with Crippen LogP contribution in [0.25, 0.3) is 0 Å². The van der Waals surface area contributed by atoms with Crippen LogP contribution in [0.5, 0.6) is 0 Å². The lowest BCUT2D eigenvalue weighted by Gasteiger charge is -2.37. The van der Waals surface area contributed by atoms with E-state index >= 15 is 0 Å². The Labute approximate surface area is 140 Å². The van der Waals surface area contributed by atoms with Crippen LogP contribution in [0.1, 0.15) is 54.0 Å². The summed E-state index contributed by atoms with van der Waals surface area (Å²) in [7, 11) is 0. The summed E-state index contributed by atoms with van der Waals surface area (Å²) in [4.78, 5) is 18.4. The first-order valence-corrected chi connectivity index (χ1v) is 8.29. The van der Waals surface area contributed by atoms with Crippen molar-refractivity contribution >= 4 is 5.91 Å². The summed E-state index contributed by atoms with van der Waals surface area (Å²) in [6.45, 7) is 4.82. The van der Waals surface area contributed by atoms with Gasteiger partial charge in [-0.1, -0.05) is 13.0 Å². The van der Waals surface area contributed by atoms with Gasteiger partial charge in [-0.15, -0.1) is 10.2 Å². The fourth-order valence-corrected chi connectivity index (χ4v) is 2.87. The van der Waals surface area contributed by atoms with Gasteiger partial charge in [-0.3, -0.25) is 9.78 Å². The van der Waals surface area contributed by atoms with Crippen LogP contribution in [-0.2, 0) is 12.0 Å². The van der Waals surface area contributed by atoms with Crippen molar-refractivity contribution in [2.24, 2.45) is 0 Å². The predicted molar refractivity (Wildman–Crippen MR) is 86.3 cm³/mol. The monoisotopic (exact) mass is 330 g/mol. The number of likely N-dealkylation sites (tertiary alicyclic amines) is 1. The Morgan fingerprint density at radius 3 is 2.71 bits per heavy atom. The highest BCUT2D eigenvalue weighted by Gasteiger charge is 2.37. The van der Waals surface area contributed by atoms with Gasteiger partial charge in [-0.05, 0) is 37.8 Å². The molecule has 0 atom stereocenters. The van der Waals surface area contributed by atoms with Crippen molar-refractivity contribution in [2.75, 3.05) is 13.1 Å². The van der Waals surface area contributed by atoms with E-state index in [1.165, 1.54) is 0 Å². The summed E-state index contributed by atoms with van der Waals surface area (Å²) in [5.41, 5.74) is 0.713. The largest absolute Gasteiger partial charge is 0.417 e. The summed E-state index contributed by atoms with van der Waals surface area (Å²) in [5.74, 6) is 0.235. The molecule has 1 N–H and O–H groups in total. The van der Waals surface area contributed by atoms with Crippen molar-refractivity contribution in [1.82, 2.24) is 20.1 Å². The summed E-state index contributed by atoms with van der Waals surface area (Å²) in [6, 6.07) is 3.79. The first-order valence-electron chi connectivity index (χ1n) is 8.29. The van der Waals surface area contributed by atoms with Gasteiger partial charge in [0, 0.05) is 25.7 Å². The van der Waals surface area contributed by atoms with Gasteiger partial charge in [0.1, 0.15) is 5.60 Å². The third-order valence-corrected chi connectivity index (χ3v) is 4.38. The number of aryl methyl sites for hydroxylation is 2. The number of amides is 1. The SMILES string of the molecule is CCCc1nnc(C(=O)N2CCC(O)(c3ccc(C)cn3)CC2)o1. The third-order valence-electron chi connectivity index (χ3n) is 4.38. The molecule has 7 heteroatoms. The minimum Gasteiger partial charge on any atom is -0.417 e. The average Bonchev–Trinajstić information content (AvgIpc) is 3.04. The van der Waals surface area contributed by atoms with Crippen LogP contribution in [-0.4, -0.2) is 44.2 Å². The molecule has 1 aliphatic heterocycles. The Balaban J connectivity index is 1.65. The molecule has 1 fully saturated rings. The highest BCUT2D eigenvalue weighted by Crippen LogP contribution is 2.32. The lowest BCUT2D eigenvalue weighted by atomic mass is 9.87. The number of rotatable bonds is 4. The zero-order valence-corrected chi connectivity index (χ0v) is 14.0. The molecule has 128 valence electrons. The molecule has 0 bridgehead atoms. The van der Waals surface area contributed by atoms with Crippen LogP contribution >= 0.6 is 0 Å². The fourth-order valence-electron chi connectivity index (χ4n) is 2.87. The van der Waals surface area contributed by atoms with Gasteiger partial charge in [0.15, 0.2) is 0 Å². The van der Waals surface area contributed by atoms with E-state index in [2.05, 4.69) is 15.2 Å². The first kappa shape index (κ1) is 16.6. The van der Waals surface area contributed by atoms with Gasteiger partial charge in [-0.25, -0.2) is 0 Å². The Morgan fingerprint density at radius 1 is 1.33 bits per heavy atom. The average molecular weight is 330 g/mol. The molecule has 1 saturated heterocycles. The highest BCUT2D eigenvalue weighted by molar-refractivity contribution is 5.89. The Hall–Kier alpha value is -2.28. The lowest BCUT2D eigenvalue weighted by Crippen LogP contribution is -2.45. The number of nitrogens with zero attached hydrogens (tertiary/aromatic N) is 4. The van der Waals surface area contributed by atoms with E-state index in [1.807, 2.05) is 26.0 Å². The van der Waals surface area contributed by atoms with Gasteiger partial charge in [0.05, 0.1) is 5.69 Å². The maximum atomic E-state index is 12.4. The van der Waals surface area contributed by atoms with Crippen molar-refractivity contribution < 1.29 is 14.3 Å². The van der Waals surface area contributed by atoms with E-state index in [-0.39, 0.29) is 11.8 Å². The fraction of sp³-hybridized carbons (Fsp3) is 0.529. The minimum atomic E-state index is -0.993. The quantitative estimate of drug-likeness (QED) is 0.920. The maximum absolute atomic E-state index is 12.4. The van der Waals surface area contributed by atoms with E-state index in [4.69, 9.17) is 4.42 Å². The van der Waals surface area contributed by atoms with E-state index < -0.39 is 5.60 Å². The predicted octanol–water partition coefficient (Wildman–Crippen LogP) is 1.85. The number of hydrogen-bond acceptors (Lipinski definition) is 6. The smallest absolute Gasteiger partial charge is 0.311 e. The van der Waals surface area contributed by atoms with Crippen LogP contribution < -0.4 is 0 Å². The number of hydrogen-bond donors (Lipinski definition) is 1. The van der Waals surface area contributed by atoms with Crippen LogP contribution in [0.2, 0.25) is 0 Å². The van der Waals surface area contributed by atoms with Gasteiger partial charge < -0.3 is 14.4 Å². The van der Waals surface area contributed by atoms with E-state index in [0.717, 1.165) is 12.0 Å². The van der Waals surface area contributed by atoms with Gasteiger partial charge in [0.25, 0.3) is 0 Å². The second kappa shape index (κ2) is 6.68. The molecule has 0 spiro atoms. The summed E-state index contributed by atoms with van der Waals surface area (Å²) >= 11 is 0. The van der Waals surface area contributed by atoms with Crippen LogP contribution in [0.4, 0.5) is 0 Å². The molecule has 0 radical (unpaired) electrons. The molecular formula is C17H22N4O3. The zero-order chi connectivity index (χ0) is 17.2. The second-order valence-corrected chi connectivity index (χ2v) is 6.30. The molecule has 2 aromatic rings. The summed E-state index contributed by atoms with van der Waals surface area (Å²) < 4.78 is 5.40. The third kappa shape index (κ3) is 3.31. The minimum absolute atomic E-state index is 0.0253. The molecule has 0 unspecified atom stereocenters.